The van der Waals surface area contributed by atoms with Crippen LogP contribution in [-0.2, 0) is 0 Å². The second-order valence-corrected chi connectivity index (χ2v) is 7.72. The Morgan fingerprint density at radius 1 is 1.16 bits per heavy atom. The molecule has 0 aliphatic carbocycles. The van der Waals surface area contributed by atoms with Gasteiger partial charge in [0.25, 0.3) is 0 Å². The minimum atomic E-state index is -0.340. The first-order valence-corrected chi connectivity index (χ1v) is 10.4. The van der Waals surface area contributed by atoms with E-state index in [4.69, 9.17) is 11.6 Å². The molecule has 0 saturated carbocycles. The number of benzene rings is 1. The Labute approximate surface area is 158 Å². The van der Waals surface area contributed by atoms with Gasteiger partial charge in [-0.2, -0.15) is 0 Å². The molecule has 25 heavy (non-hydrogen) atoms. The van der Waals surface area contributed by atoms with E-state index in [9.17, 15) is 5.11 Å². The summed E-state index contributed by atoms with van der Waals surface area (Å²) in [6.45, 7) is 5.41. The molecule has 1 aromatic carbocycles. The third kappa shape index (κ3) is 6.04. The first-order valence-electron chi connectivity index (χ1n) is 10.0. The largest absolute Gasteiger partial charge is 0.388 e. The van der Waals surface area contributed by atoms with Crippen LogP contribution in [0.25, 0.3) is 0 Å². The van der Waals surface area contributed by atoms with E-state index in [-0.39, 0.29) is 11.5 Å². The molecule has 1 unspecified atom stereocenters. The van der Waals surface area contributed by atoms with Gasteiger partial charge >= 0.3 is 0 Å². The molecule has 1 saturated heterocycles. The number of anilines is 1. The van der Waals surface area contributed by atoms with E-state index < -0.39 is 0 Å². The van der Waals surface area contributed by atoms with Crippen LogP contribution in [0.1, 0.15) is 76.9 Å². The first-order chi connectivity index (χ1) is 12.2. The van der Waals surface area contributed by atoms with Crippen molar-refractivity contribution in [1.82, 2.24) is 0 Å². The van der Waals surface area contributed by atoms with Crippen molar-refractivity contribution in [3.63, 3.8) is 0 Å². The molecule has 1 heterocycles. The quantitative estimate of drug-likeness (QED) is 0.302. The van der Waals surface area contributed by atoms with E-state index >= 15 is 0 Å². The summed E-state index contributed by atoms with van der Waals surface area (Å²) in [6.07, 6.45) is 12.9. The lowest BCUT2D eigenvalue weighted by molar-refractivity contribution is 0.163. The number of aliphatic hydroxyl groups excluding tert-OH is 1. The van der Waals surface area contributed by atoms with E-state index in [0.29, 0.717) is 6.04 Å². The monoisotopic (exact) mass is 363 g/mol. The number of alkyl halides is 1. The molecule has 0 spiro atoms. The maximum absolute atomic E-state index is 10.3. The van der Waals surface area contributed by atoms with Gasteiger partial charge in [-0.25, -0.2) is 0 Å². The van der Waals surface area contributed by atoms with Crippen LogP contribution in [0.5, 0.6) is 0 Å². The number of allylic oxidation sites excluding steroid dienone is 1. The molecule has 2 rings (SSSR count). The van der Waals surface area contributed by atoms with Crippen LogP contribution in [0.15, 0.2) is 36.4 Å². The first kappa shape index (κ1) is 20.3. The number of halogens is 1. The van der Waals surface area contributed by atoms with Gasteiger partial charge in [-0.05, 0) is 43.4 Å². The highest BCUT2D eigenvalue weighted by atomic mass is 35.5. The molecule has 2 nitrogen and oxygen atoms in total. The molecule has 1 aromatic rings. The fraction of sp³-hybridized carbons (Fsp3) is 0.636. The fourth-order valence-corrected chi connectivity index (χ4v) is 3.91. The van der Waals surface area contributed by atoms with Crippen LogP contribution in [0.3, 0.4) is 0 Å². The molecule has 1 aliphatic rings. The van der Waals surface area contributed by atoms with E-state index in [1.807, 2.05) is 0 Å². The average molecular weight is 364 g/mol. The van der Waals surface area contributed by atoms with Crippen molar-refractivity contribution in [3.05, 3.63) is 42.0 Å². The van der Waals surface area contributed by atoms with Crippen molar-refractivity contribution in [2.24, 2.45) is 0 Å². The van der Waals surface area contributed by atoms with Gasteiger partial charge < -0.3 is 10.0 Å². The number of rotatable bonds is 10. The Kier molecular flexibility index (Phi) is 8.84. The fourth-order valence-electron chi connectivity index (χ4n) is 3.57. The molecule has 0 amide bonds. The number of nitrogens with zero attached hydrogens (tertiary/aromatic N) is 1. The zero-order chi connectivity index (χ0) is 18.1. The van der Waals surface area contributed by atoms with Crippen LogP contribution in [0.2, 0.25) is 0 Å². The molecule has 0 bridgehead atoms. The van der Waals surface area contributed by atoms with Crippen LogP contribution in [0, 0.1) is 0 Å². The highest BCUT2D eigenvalue weighted by Gasteiger charge is 2.31. The smallest absolute Gasteiger partial charge is 0.0790 e. The van der Waals surface area contributed by atoms with Crippen molar-refractivity contribution >= 4 is 17.3 Å². The van der Waals surface area contributed by atoms with Crippen LogP contribution >= 0.6 is 11.6 Å². The molecule has 1 fully saturated rings. The van der Waals surface area contributed by atoms with Gasteiger partial charge in [-0.3, -0.25) is 0 Å². The van der Waals surface area contributed by atoms with Crippen LogP contribution in [-0.4, -0.2) is 23.1 Å². The number of hydrogen-bond donors (Lipinski definition) is 1. The summed E-state index contributed by atoms with van der Waals surface area (Å²) in [6, 6.07) is 8.83. The van der Waals surface area contributed by atoms with Gasteiger partial charge in [0.15, 0.2) is 0 Å². The van der Waals surface area contributed by atoms with Gasteiger partial charge in [0.1, 0.15) is 0 Å². The highest BCUT2D eigenvalue weighted by molar-refractivity contribution is 6.21. The molecule has 0 radical (unpaired) electrons. The maximum atomic E-state index is 10.3. The van der Waals surface area contributed by atoms with Gasteiger partial charge in [-0.15, -0.1) is 11.6 Å². The van der Waals surface area contributed by atoms with Crippen molar-refractivity contribution in [2.75, 3.05) is 11.4 Å². The highest BCUT2D eigenvalue weighted by Crippen LogP contribution is 2.32. The van der Waals surface area contributed by atoms with Crippen molar-refractivity contribution in [2.45, 2.75) is 82.7 Å². The molecular weight excluding hydrogens is 330 g/mol. The molecule has 0 aromatic heterocycles. The zero-order valence-electron chi connectivity index (χ0n) is 15.8. The van der Waals surface area contributed by atoms with E-state index in [2.05, 4.69) is 55.2 Å². The second-order valence-electron chi connectivity index (χ2n) is 7.16. The topological polar surface area (TPSA) is 23.5 Å². The minimum Gasteiger partial charge on any atom is -0.388 e. The minimum absolute atomic E-state index is 0.214. The molecule has 1 aliphatic heterocycles. The lowest BCUT2D eigenvalue weighted by Gasteiger charge is -2.28. The van der Waals surface area contributed by atoms with Crippen molar-refractivity contribution in [3.8, 4) is 0 Å². The molecule has 140 valence electrons. The summed E-state index contributed by atoms with van der Waals surface area (Å²) in [7, 11) is 0. The zero-order valence-corrected chi connectivity index (χ0v) is 16.6. The van der Waals surface area contributed by atoms with E-state index in [1.165, 1.54) is 24.9 Å². The lowest BCUT2D eigenvalue weighted by atomic mass is 10.0. The summed E-state index contributed by atoms with van der Waals surface area (Å²) >= 11 is 6.57. The molecule has 3 atom stereocenters. The van der Waals surface area contributed by atoms with Crippen molar-refractivity contribution in [1.29, 1.82) is 0 Å². The number of unbranched alkanes of at least 4 members (excludes halogenated alkanes) is 3. The van der Waals surface area contributed by atoms with Gasteiger partial charge in [0.2, 0.25) is 0 Å². The Bertz CT molecular complexity index is 513. The predicted octanol–water partition coefficient (Wildman–Crippen LogP) is 6.23. The number of hydrogen-bond acceptors (Lipinski definition) is 2. The van der Waals surface area contributed by atoms with Gasteiger partial charge in [-0.1, -0.05) is 63.8 Å². The summed E-state index contributed by atoms with van der Waals surface area (Å²) in [5.74, 6) is 0. The van der Waals surface area contributed by atoms with Crippen molar-refractivity contribution < 1.29 is 5.11 Å². The van der Waals surface area contributed by atoms with E-state index in [1.54, 1.807) is 0 Å². The van der Waals surface area contributed by atoms with E-state index in [0.717, 1.165) is 44.2 Å². The standard InChI is InChI=1S/C22H34ClNO/c1-3-5-7-9-10-21-20(23)16-17-24(21)19-14-12-18(13-15-19)22(25)11-8-6-4-2/h7,9,12-15,20-22,25H,3-6,8,10-11,16-17H2,1-2H3/b9-7-/t20-,21+,22?/m1/s1. The molecule has 3 heteroatoms. The summed E-state index contributed by atoms with van der Waals surface area (Å²) in [5, 5.41) is 10.5. The summed E-state index contributed by atoms with van der Waals surface area (Å²) in [5.41, 5.74) is 2.25. The van der Waals surface area contributed by atoms with Gasteiger partial charge in [0, 0.05) is 18.3 Å². The second kappa shape index (κ2) is 10.9. The average Bonchev–Trinajstić information content (AvgIpc) is 3.00. The summed E-state index contributed by atoms with van der Waals surface area (Å²) in [4.78, 5) is 2.43. The SMILES string of the molecule is CCC/C=C\C[C@H]1[C@H](Cl)CCN1c1ccc(C(O)CCCCC)cc1. The Morgan fingerprint density at radius 3 is 2.60 bits per heavy atom. The maximum Gasteiger partial charge on any atom is 0.0790 e. The number of aliphatic hydroxyl groups is 1. The Hall–Kier alpha value is -0.990. The van der Waals surface area contributed by atoms with Crippen LogP contribution < -0.4 is 4.90 Å². The third-order valence-corrected chi connectivity index (χ3v) is 5.66. The normalized spacial score (nSPS) is 22.0. The third-order valence-electron chi connectivity index (χ3n) is 5.15. The van der Waals surface area contributed by atoms with Gasteiger partial charge in [0.05, 0.1) is 11.5 Å². The predicted molar refractivity (Wildman–Crippen MR) is 110 cm³/mol. The Morgan fingerprint density at radius 2 is 1.92 bits per heavy atom. The van der Waals surface area contributed by atoms with Crippen LogP contribution in [0.4, 0.5) is 5.69 Å². The Balaban J connectivity index is 1.97. The lowest BCUT2D eigenvalue weighted by Crippen LogP contribution is -2.32. The molecule has 1 N–H and O–H groups in total. The summed E-state index contributed by atoms with van der Waals surface area (Å²) < 4.78 is 0. The molecular formula is C22H34ClNO.